The number of carbonyl (C=O) groups is 1. The average molecular weight is 346 g/mol. The normalized spacial score (nSPS) is 10.7. The number of aromatic nitrogens is 4. The van der Waals surface area contributed by atoms with Gasteiger partial charge in [-0.3, -0.25) is 4.79 Å². The first-order chi connectivity index (χ1) is 11.7. The van der Waals surface area contributed by atoms with E-state index in [0.29, 0.717) is 12.4 Å². The van der Waals surface area contributed by atoms with E-state index >= 15 is 0 Å². The molecule has 0 radical (unpaired) electrons. The predicted octanol–water partition coefficient (Wildman–Crippen LogP) is 2.12. The molecule has 0 bridgehead atoms. The van der Waals surface area contributed by atoms with Crippen LogP contribution in [0.15, 0.2) is 39.0 Å². The van der Waals surface area contributed by atoms with Gasteiger partial charge in [-0.05, 0) is 23.9 Å². The molecule has 3 rings (SSSR count). The van der Waals surface area contributed by atoms with Crippen LogP contribution in [0, 0.1) is 0 Å². The number of carbonyl (C=O) groups excluding carboxylic acids is 1. The third-order valence-corrected chi connectivity index (χ3v) is 3.91. The number of hydrogen-bond donors (Lipinski definition) is 0. The van der Waals surface area contributed by atoms with Gasteiger partial charge in [-0.25, -0.2) is 9.48 Å². The monoisotopic (exact) mass is 346 g/mol. The van der Waals surface area contributed by atoms with Gasteiger partial charge in [0.2, 0.25) is 5.82 Å². The van der Waals surface area contributed by atoms with Crippen LogP contribution in [0.3, 0.4) is 0 Å². The molecule has 9 heteroatoms. The Morgan fingerprint density at radius 3 is 3.00 bits per heavy atom. The van der Waals surface area contributed by atoms with Crippen LogP contribution in [-0.4, -0.2) is 25.9 Å². The summed E-state index contributed by atoms with van der Waals surface area (Å²) in [5, 5.41) is 9.72. The summed E-state index contributed by atoms with van der Waals surface area (Å²) in [7, 11) is 0. The van der Waals surface area contributed by atoms with Gasteiger partial charge < -0.3 is 9.26 Å². The second kappa shape index (κ2) is 7.18. The van der Waals surface area contributed by atoms with E-state index in [1.165, 1.54) is 28.2 Å². The van der Waals surface area contributed by atoms with Crippen molar-refractivity contribution in [2.24, 2.45) is 0 Å². The fourth-order valence-corrected chi connectivity index (χ4v) is 2.60. The van der Waals surface area contributed by atoms with Gasteiger partial charge in [0.25, 0.3) is 11.4 Å². The average Bonchev–Trinajstić information content (AvgIpc) is 3.26. The third-order valence-electron chi connectivity index (χ3n) is 3.05. The summed E-state index contributed by atoms with van der Waals surface area (Å²) in [6.07, 6.45) is 0.735. The zero-order valence-electron chi connectivity index (χ0n) is 12.8. The Morgan fingerprint density at radius 2 is 2.25 bits per heavy atom. The molecule has 0 aliphatic carbocycles. The van der Waals surface area contributed by atoms with Crippen molar-refractivity contribution < 1.29 is 14.1 Å². The van der Waals surface area contributed by atoms with Crippen molar-refractivity contribution in [1.82, 2.24) is 19.9 Å². The summed E-state index contributed by atoms with van der Waals surface area (Å²) in [6, 6.07) is 6.38. The predicted molar refractivity (Wildman–Crippen MR) is 85.5 cm³/mol. The van der Waals surface area contributed by atoms with Crippen LogP contribution in [0.4, 0.5) is 0 Å². The molecule has 8 nitrogen and oxygen atoms in total. The SMILES string of the molecule is CCCn1nc(C(=O)OCc2nc(-c3cccs3)no2)ccc1=O. The smallest absolute Gasteiger partial charge is 0.359 e. The first-order valence-electron chi connectivity index (χ1n) is 7.29. The number of hydrogen-bond acceptors (Lipinski definition) is 8. The van der Waals surface area contributed by atoms with Crippen LogP contribution in [0.2, 0.25) is 0 Å². The Labute approximate surface area is 140 Å². The molecule has 0 spiro atoms. The highest BCUT2D eigenvalue weighted by Crippen LogP contribution is 2.21. The topological polar surface area (TPSA) is 100 Å². The van der Waals surface area contributed by atoms with E-state index < -0.39 is 5.97 Å². The molecule has 0 aliphatic rings. The van der Waals surface area contributed by atoms with Crippen molar-refractivity contribution in [1.29, 1.82) is 0 Å². The molecule has 0 atom stereocenters. The molecule has 3 heterocycles. The lowest BCUT2D eigenvalue weighted by Gasteiger charge is -2.05. The number of aryl methyl sites for hydroxylation is 1. The zero-order valence-corrected chi connectivity index (χ0v) is 13.7. The molecular weight excluding hydrogens is 332 g/mol. The first-order valence-corrected chi connectivity index (χ1v) is 8.17. The van der Waals surface area contributed by atoms with Crippen molar-refractivity contribution in [3.63, 3.8) is 0 Å². The summed E-state index contributed by atoms with van der Waals surface area (Å²) < 4.78 is 11.4. The lowest BCUT2D eigenvalue weighted by atomic mass is 10.4. The Bertz CT molecular complexity index is 885. The lowest BCUT2D eigenvalue weighted by Crippen LogP contribution is -2.24. The minimum absolute atomic E-state index is 0.0565. The Hall–Kier alpha value is -2.81. The van der Waals surface area contributed by atoms with E-state index in [2.05, 4.69) is 15.2 Å². The molecule has 0 unspecified atom stereocenters. The van der Waals surface area contributed by atoms with E-state index in [4.69, 9.17) is 9.26 Å². The largest absolute Gasteiger partial charge is 0.451 e. The molecule has 0 saturated carbocycles. The van der Waals surface area contributed by atoms with Gasteiger partial charge in [0.15, 0.2) is 12.3 Å². The standard InChI is InChI=1S/C15H14N4O4S/c1-2-7-19-13(20)6-5-10(17-19)15(21)22-9-12-16-14(18-23-12)11-4-3-8-24-11/h3-6,8H,2,7,9H2,1H3. The zero-order chi connectivity index (χ0) is 16.9. The Morgan fingerprint density at radius 1 is 1.38 bits per heavy atom. The summed E-state index contributed by atoms with van der Waals surface area (Å²) in [4.78, 5) is 28.7. The highest BCUT2D eigenvalue weighted by Gasteiger charge is 2.15. The van der Waals surface area contributed by atoms with Crippen molar-refractivity contribution in [3.8, 4) is 10.7 Å². The van der Waals surface area contributed by atoms with Gasteiger partial charge in [-0.2, -0.15) is 10.1 Å². The quantitative estimate of drug-likeness (QED) is 0.630. The number of esters is 1. The maximum Gasteiger partial charge on any atom is 0.359 e. The molecular formula is C15H14N4O4S. The molecule has 0 N–H and O–H groups in total. The van der Waals surface area contributed by atoms with Crippen LogP contribution < -0.4 is 5.56 Å². The maximum atomic E-state index is 12.0. The molecule has 124 valence electrons. The van der Waals surface area contributed by atoms with Gasteiger partial charge in [-0.1, -0.05) is 18.1 Å². The van der Waals surface area contributed by atoms with E-state index in [9.17, 15) is 9.59 Å². The molecule has 3 aromatic rings. The summed E-state index contributed by atoms with van der Waals surface area (Å²) in [5.74, 6) is -0.0185. The Kier molecular flexibility index (Phi) is 4.80. The van der Waals surface area contributed by atoms with Gasteiger partial charge in [0.1, 0.15) is 0 Å². The first kappa shape index (κ1) is 16.1. The second-order valence-electron chi connectivity index (χ2n) is 4.85. The van der Waals surface area contributed by atoms with Crippen molar-refractivity contribution in [3.05, 3.63) is 51.6 Å². The molecule has 0 fully saturated rings. The van der Waals surface area contributed by atoms with E-state index in [1.54, 1.807) is 0 Å². The van der Waals surface area contributed by atoms with Crippen molar-refractivity contribution >= 4 is 17.3 Å². The second-order valence-corrected chi connectivity index (χ2v) is 5.79. The highest BCUT2D eigenvalue weighted by molar-refractivity contribution is 7.13. The fraction of sp³-hybridized carbons (Fsp3) is 0.267. The summed E-state index contributed by atoms with van der Waals surface area (Å²) >= 11 is 1.48. The number of nitrogens with zero attached hydrogens (tertiary/aromatic N) is 4. The van der Waals surface area contributed by atoms with Crippen LogP contribution in [-0.2, 0) is 17.9 Å². The Balaban J connectivity index is 1.65. The van der Waals surface area contributed by atoms with E-state index in [1.807, 2.05) is 24.4 Å². The van der Waals surface area contributed by atoms with Gasteiger partial charge in [0.05, 0.1) is 4.88 Å². The molecule has 0 aliphatic heterocycles. The number of ether oxygens (including phenoxy) is 1. The molecule has 3 aromatic heterocycles. The number of rotatable bonds is 6. The molecule has 24 heavy (non-hydrogen) atoms. The van der Waals surface area contributed by atoms with Crippen molar-refractivity contribution in [2.45, 2.75) is 26.5 Å². The van der Waals surface area contributed by atoms with Crippen molar-refractivity contribution in [2.75, 3.05) is 0 Å². The van der Waals surface area contributed by atoms with Crippen LogP contribution in [0.1, 0.15) is 29.7 Å². The minimum atomic E-state index is -0.657. The summed E-state index contributed by atoms with van der Waals surface area (Å²) in [5.41, 5.74) is -0.202. The van der Waals surface area contributed by atoms with Crippen LogP contribution in [0.25, 0.3) is 10.7 Å². The van der Waals surface area contributed by atoms with Gasteiger partial charge in [-0.15, -0.1) is 11.3 Å². The van der Waals surface area contributed by atoms with Crippen LogP contribution in [0.5, 0.6) is 0 Å². The van der Waals surface area contributed by atoms with E-state index in [0.717, 1.165) is 11.3 Å². The maximum absolute atomic E-state index is 12.0. The molecule has 0 amide bonds. The fourth-order valence-electron chi connectivity index (χ4n) is 1.95. The van der Waals surface area contributed by atoms with E-state index in [-0.39, 0.29) is 23.8 Å². The molecule has 0 aromatic carbocycles. The molecule has 0 saturated heterocycles. The lowest BCUT2D eigenvalue weighted by molar-refractivity contribution is 0.0419. The van der Waals surface area contributed by atoms with Crippen LogP contribution >= 0.6 is 11.3 Å². The minimum Gasteiger partial charge on any atom is -0.451 e. The number of thiophene rings is 1. The third kappa shape index (κ3) is 3.57. The van der Waals surface area contributed by atoms with Gasteiger partial charge in [0, 0.05) is 12.6 Å². The summed E-state index contributed by atoms with van der Waals surface area (Å²) in [6.45, 7) is 2.19. The highest BCUT2D eigenvalue weighted by atomic mass is 32.1. The van der Waals surface area contributed by atoms with Gasteiger partial charge >= 0.3 is 5.97 Å².